The van der Waals surface area contributed by atoms with Crippen LogP contribution in [0, 0.1) is 12.8 Å². The maximum Gasteiger partial charge on any atom is 0.227 e. The van der Waals surface area contributed by atoms with Gasteiger partial charge in [0.15, 0.2) is 5.13 Å². The Balaban J connectivity index is 1.55. The minimum atomic E-state index is -0.154. The Labute approximate surface area is 132 Å². The molecule has 2 N–H and O–H groups in total. The third-order valence-electron chi connectivity index (χ3n) is 3.70. The van der Waals surface area contributed by atoms with E-state index in [1.807, 2.05) is 31.2 Å². The van der Waals surface area contributed by atoms with Crippen LogP contribution in [-0.2, 0) is 16.0 Å². The molecule has 1 aromatic heterocycles. The highest BCUT2D eigenvalue weighted by atomic mass is 32.1. The molecule has 0 saturated carbocycles. The molecule has 1 aliphatic rings. The van der Waals surface area contributed by atoms with E-state index in [1.165, 1.54) is 11.3 Å². The number of anilines is 2. The number of carbonyl (C=O) groups is 2. The molecule has 1 aliphatic heterocycles. The van der Waals surface area contributed by atoms with Gasteiger partial charge in [-0.15, -0.1) is 11.3 Å². The van der Waals surface area contributed by atoms with Gasteiger partial charge in [0, 0.05) is 29.1 Å². The van der Waals surface area contributed by atoms with Crippen molar-refractivity contribution < 1.29 is 9.59 Å². The van der Waals surface area contributed by atoms with Gasteiger partial charge in [0.25, 0.3) is 0 Å². The number of para-hydroxylation sites is 1. The first-order chi connectivity index (χ1) is 10.6. The zero-order valence-corrected chi connectivity index (χ0v) is 13.1. The molecule has 3 rings (SSSR count). The van der Waals surface area contributed by atoms with Crippen molar-refractivity contribution in [2.45, 2.75) is 26.2 Å². The molecule has 2 amide bonds. The third kappa shape index (κ3) is 3.33. The number of hydrogen-bond acceptors (Lipinski definition) is 4. The van der Waals surface area contributed by atoms with Crippen LogP contribution in [0.4, 0.5) is 10.8 Å². The normalized spacial score (nSPS) is 16.8. The summed E-state index contributed by atoms with van der Waals surface area (Å²) in [7, 11) is 0. The van der Waals surface area contributed by atoms with Gasteiger partial charge in [-0.2, -0.15) is 0 Å². The number of aromatic nitrogens is 1. The topological polar surface area (TPSA) is 71.1 Å². The highest BCUT2D eigenvalue weighted by molar-refractivity contribution is 7.15. The Hall–Kier alpha value is -2.21. The Kier molecular flexibility index (Phi) is 4.20. The molecule has 0 aliphatic carbocycles. The van der Waals surface area contributed by atoms with Crippen LogP contribution in [0.1, 0.15) is 23.3 Å². The second-order valence-electron chi connectivity index (χ2n) is 5.41. The average molecular weight is 315 g/mol. The first-order valence-electron chi connectivity index (χ1n) is 7.23. The van der Waals surface area contributed by atoms with Crippen LogP contribution < -0.4 is 10.6 Å². The Bertz CT molecular complexity index is 711. The second-order valence-corrected chi connectivity index (χ2v) is 6.65. The minimum Gasteiger partial charge on any atom is -0.326 e. The van der Waals surface area contributed by atoms with Crippen molar-refractivity contribution in [1.82, 2.24) is 4.98 Å². The lowest BCUT2D eigenvalue weighted by atomic mass is 9.89. The van der Waals surface area contributed by atoms with Gasteiger partial charge in [-0.3, -0.25) is 9.59 Å². The number of nitrogens with one attached hydrogen (secondary N) is 2. The van der Waals surface area contributed by atoms with Crippen LogP contribution in [0.25, 0.3) is 0 Å². The van der Waals surface area contributed by atoms with Gasteiger partial charge < -0.3 is 10.6 Å². The van der Waals surface area contributed by atoms with Crippen LogP contribution >= 0.6 is 11.3 Å². The van der Waals surface area contributed by atoms with E-state index in [4.69, 9.17) is 0 Å². The number of hydrogen-bond donors (Lipinski definition) is 2. The largest absolute Gasteiger partial charge is 0.326 e. The number of benzene rings is 1. The predicted octanol–water partition coefficient (Wildman–Crippen LogP) is 2.98. The summed E-state index contributed by atoms with van der Waals surface area (Å²) in [5.41, 5.74) is 2.01. The van der Waals surface area contributed by atoms with E-state index >= 15 is 0 Å². The SMILES string of the molecule is Cc1cnc(NC(=O)CCC2Cc3ccccc3NC2=O)s1. The van der Waals surface area contributed by atoms with Crippen molar-refractivity contribution in [1.29, 1.82) is 0 Å². The van der Waals surface area contributed by atoms with E-state index < -0.39 is 0 Å². The zero-order valence-electron chi connectivity index (χ0n) is 12.3. The first kappa shape index (κ1) is 14.7. The standard InChI is InChI=1S/C16H17N3O2S/c1-10-9-17-16(22-10)19-14(20)7-6-12-8-11-4-2-3-5-13(11)18-15(12)21/h2-5,9,12H,6-8H2,1H3,(H,18,21)(H,17,19,20). The first-order valence-corrected chi connectivity index (χ1v) is 8.04. The third-order valence-corrected chi connectivity index (χ3v) is 4.53. The quantitative estimate of drug-likeness (QED) is 0.911. The van der Waals surface area contributed by atoms with Crippen LogP contribution in [0.2, 0.25) is 0 Å². The average Bonchev–Trinajstić information content (AvgIpc) is 2.90. The smallest absolute Gasteiger partial charge is 0.227 e. The molecule has 0 bridgehead atoms. The van der Waals surface area contributed by atoms with Crippen molar-refractivity contribution in [2.75, 3.05) is 10.6 Å². The van der Waals surface area contributed by atoms with Gasteiger partial charge >= 0.3 is 0 Å². The number of thiazole rings is 1. The van der Waals surface area contributed by atoms with Gasteiger partial charge in [0.05, 0.1) is 0 Å². The monoisotopic (exact) mass is 315 g/mol. The lowest BCUT2D eigenvalue weighted by molar-refractivity contribution is -0.121. The molecule has 5 nitrogen and oxygen atoms in total. The van der Waals surface area contributed by atoms with E-state index in [0.717, 1.165) is 16.1 Å². The maximum absolute atomic E-state index is 12.1. The molecule has 1 unspecified atom stereocenters. The number of amides is 2. The summed E-state index contributed by atoms with van der Waals surface area (Å²) in [4.78, 5) is 29.2. The summed E-state index contributed by atoms with van der Waals surface area (Å²) < 4.78 is 0. The lowest BCUT2D eigenvalue weighted by Gasteiger charge is -2.24. The highest BCUT2D eigenvalue weighted by Gasteiger charge is 2.26. The summed E-state index contributed by atoms with van der Waals surface area (Å²) in [5, 5.41) is 6.29. The van der Waals surface area contributed by atoms with Crippen LogP contribution in [0.5, 0.6) is 0 Å². The van der Waals surface area contributed by atoms with E-state index in [-0.39, 0.29) is 17.7 Å². The Morgan fingerprint density at radius 3 is 3.05 bits per heavy atom. The Morgan fingerprint density at radius 2 is 2.27 bits per heavy atom. The van der Waals surface area contributed by atoms with E-state index in [2.05, 4.69) is 15.6 Å². The molecule has 0 spiro atoms. The van der Waals surface area contributed by atoms with Crippen molar-refractivity contribution in [2.24, 2.45) is 5.92 Å². The molecule has 0 saturated heterocycles. The molecule has 6 heteroatoms. The number of carbonyl (C=O) groups excluding carboxylic acids is 2. The minimum absolute atomic E-state index is 0.00315. The van der Waals surface area contributed by atoms with E-state index in [1.54, 1.807) is 6.20 Å². The molecule has 1 aromatic carbocycles. The highest BCUT2D eigenvalue weighted by Crippen LogP contribution is 2.27. The fourth-order valence-corrected chi connectivity index (χ4v) is 3.23. The van der Waals surface area contributed by atoms with Gasteiger partial charge in [0.1, 0.15) is 0 Å². The number of fused-ring (bicyclic) bond motifs is 1. The molecule has 114 valence electrons. The summed E-state index contributed by atoms with van der Waals surface area (Å²) in [6.45, 7) is 1.94. The predicted molar refractivity (Wildman–Crippen MR) is 87.0 cm³/mol. The van der Waals surface area contributed by atoms with Gasteiger partial charge in [-0.25, -0.2) is 4.98 Å². The van der Waals surface area contributed by atoms with Crippen molar-refractivity contribution in [3.63, 3.8) is 0 Å². The molecule has 2 aromatic rings. The van der Waals surface area contributed by atoms with Crippen molar-refractivity contribution in [3.8, 4) is 0 Å². The lowest BCUT2D eigenvalue weighted by Crippen LogP contribution is -2.30. The van der Waals surface area contributed by atoms with Crippen molar-refractivity contribution >= 4 is 34.0 Å². The van der Waals surface area contributed by atoms with Gasteiger partial charge in [-0.05, 0) is 31.4 Å². The van der Waals surface area contributed by atoms with Crippen molar-refractivity contribution in [3.05, 3.63) is 40.9 Å². The number of nitrogens with zero attached hydrogens (tertiary/aromatic N) is 1. The van der Waals surface area contributed by atoms with Crippen LogP contribution in [0.3, 0.4) is 0 Å². The van der Waals surface area contributed by atoms with Gasteiger partial charge in [0.2, 0.25) is 11.8 Å². The van der Waals surface area contributed by atoms with E-state index in [9.17, 15) is 9.59 Å². The summed E-state index contributed by atoms with van der Waals surface area (Å²) in [6, 6.07) is 7.79. The zero-order chi connectivity index (χ0) is 15.5. The maximum atomic E-state index is 12.1. The fourth-order valence-electron chi connectivity index (χ4n) is 2.55. The van der Waals surface area contributed by atoms with Gasteiger partial charge in [-0.1, -0.05) is 18.2 Å². The summed E-state index contributed by atoms with van der Waals surface area (Å²) in [5.74, 6) is -0.253. The molecule has 0 radical (unpaired) electrons. The number of aryl methyl sites for hydroxylation is 1. The summed E-state index contributed by atoms with van der Waals surface area (Å²) >= 11 is 1.45. The fraction of sp³-hybridized carbons (Fsp3) is 0.312. The second kappa shape index (κ2) is 6.27. The number of rotatable bonds is 4. The summed E-state index contributed by atoms with van der Waals surface area (Å²) in [6.07, 6.45) is 3.27. The van der Waals surface area contributed by atoms with Crippen LogP contribution in [0.15, 0.2) is 30.5 Å². The molecule has 2 heterocycles. The Morgan fingerprint density at radius 1 is 1.45 bits per heavy atom. The molecule has 1 atom stereocenters. The molecular weight excluding hydrogens is 298 g/mol. The molecule has 0 fully saturated rings. The molecular formula is C16H17N3O2S. The molecule has 22 heavy (non-hydrogen) atoms. The van der Waals surface area contributed by atoms with E-state index in [0.29, 0.717) is 24.4 Å². The van der Waals surface area contributed by atoms with Crippen LogP contribution in [-0.4, -0.2) is 16.8 Å².